The highest BCUT2D eigenvalue weighted by Crippen LogP contribution is 2.24. The number of aromatic amines is 1. The summed E-state index contributed by atoms with van der Waals surface area (Å²) in [5.74, 6) is 0.751. The number of nitrogens with one attached hydrogen (secondary N) is 2. The van der Waals surface area contributed by atoms with E-state index in [0.29, 0.717) is 28.5 Å². The standard InChI is InChI=1S/C13H12FN5/c1-16-11-5-4-10-13(18-11)19-12(17-10)8-6-7(15)2-3-9(8)14/h2-6H,15H2,1H3,(H2,16,17,18,19). The quantitative estimate of drug-likeness (QED) is 0.616. The Morgan fingerprint density at radius 3 is 2.84 bits per heavy atom. The molecule has 0 atom stereocenters. The number of rotatable bonds is 2. The topological polar surface area (TPSA) is 79.6 Å². The molecular formula is C13H12FN5. The van der Waals surface area contributed by atoms with Crippen LogP contribution in [0.2, 0.25) is 0 Å². The lowest BCUT2D eigenvalue weighted by molar-refractivity contribution is 0.630. The number of benzene rings is 1. The number of nitrogen functional groups attached to an aromatic ring is 1. The van der Waals surface area contributed by atoms with E-state index in [2.05, 4.69) is 20.3 Å². The highest BCUT2D eigenvalue weighted by Gasteiger charge is 2.11. The van der Waals surface area contributed by atoms with Crippen molar-refractivity contribution in [3.63, 3.8) is 0 Å². The Labute approximate surface area is 108 Å². The summed E-state index contributed by atoms with van der Waals surface area (Å²) in [7, 11) is 1.78. The zero-order chi connectivity index (χ0) is 13.4. The zero-order valence-electron chi connectivity index (χ0n) is 10.2. The summed E-state index contributed by atoms with van der Waals surface area (Å²) in [5, 5.41) is 2.93. The Balaban J connectivity index is 2.17. The van der Waals surface area contributed by atoms with Crippen LogP contribution in [0.15, 0.2) is 30.3 Å². The van der Waals surface area contributed by atoms with Gasteiger partial charge in [0.05, 0.1) is 11.1 Å². The molecule has 5 nitrogen and oxygen atoms in total. The molecule has 0 amide bonds. The number of hydrogen-bond acceptors (Lipinski definition) is 4. The van der Waals surface area contributed by atoms with Gasteiger partial charge in [-0.2, -0.15) is 0 Å². The Bertz CT molecular complexity index is 750. The molecule has 2 heterocycles. The second-order valence-corrected chi connectivity index (χ2v) is 4.14. The van der Waals surface area contributed by atoms with Crippen LogP contribution in [0.25, 0.3) is 22.6 Å². The number of imidazole rings is 1. The smallest absolute Gasteiger partial charge is 0.180 e. The first-order valence-electron chi connectivity index (χ1n) is 5.77. The van der Waals surface area contributed by atoms with Crippen molar-refractivity contribution < 1.29 is 4.39 Å². The normalized spacial score (nSPS) is 10.8. The number of nitrogens with zero attached hydrogens (tertiary/aromatic N) is 2. The molecule has 0 saturated carbocycles. The molecule has 0 saturated heterocycles. The molecule has 19 heavy (non-hydrogen) atoms. The SMILES string of the molecule is CNc1ccc2[nH]c(-c3cc(N)ccc3F)nc2n1. The predicted octanol–water partition coefficient (Wildman–Crippen LogP) is 2.39. The molecule has 1 aromatic carbocycles. The molecule has 0 unspecified atom stereocenters. The Morgan fingerprint density at radius 1 is 1.21 bits per heavy atom. The summed E-state index contributed by atoms with van der Waals surface area (Å²) in [5.41, 5.74) is 7.77. The highest BCUT2D eigenvalue weighted by molar-refractivity contribution is 5.78. The van der Waals surface area contributed by atoms with E-state index < -0.39 is 0 Å². The largest absolute Gasteiger partial charge is 0.399 e. The predicted molar refractivity (Wildman–Crippen MR) is 73.2 cm³/mol. The molecular weight excluding hydrogens is 245 g/mol. The Morgan fingerprint density at radius 2 is 2.05 bits per heavy atom. The summed E-state index contributed by atoms with van der Waals surface area (Å²) < 4.78 is 13.8. The number of hydrogen-bond donors (Lipinski definition) is 3. The summed E-state index contributed by atoms with van der Waals surface area (Å²) >= 11 is 0. The zero-order valence-corrected chi connectivity index (χ0v) is 10.2. The van der Waals surface area contributed by atoms with E-state index in [9.17, 15) is 4.39 Å². The van der Waals surface area contributed by atoms with E-state index in [1.165, 1.54) is 12.1 Å². The van der Waals surface area contributed by atoms with Crippen molar-refractivity contribution in [2.75, 3.05) is 18.1 Å². The first-order chi connectivity index (χ1) is 9.17. The fourth-order valence-electron chi connectivity index (χ4n) is 1.88. The van der Waals surface area contributed by atoms with Crippen molar-refractivity contribution in [1.82, 2.24) is 15.0 Å². The van der Waals surface area contributed by atoms with Crippen LogP contribution in [0, 0.1) is 5.82 Å². The molecule has 0 aliphatic rings. The molecule has 0 aliphatic heterocycles. The van der Waals surface area contributed by atoms with Crippen LogP contribution in [-0.4, -0.2) is 22.0 Å². The third-order valence-electron chi connectivity index (χ3n) is 2.85. The molecule has 6 heteroatoms. The van der Waals surface area contributed by atoms with Gasteiger partial charge in [0.1, 0.15) is 17.5 Å². The summed E-state index contributed by atoms with van der Waals surface area (Å²) in [6, 6.07) is 8.05. The summed E-state index contributed by atoms with van der Waals surface area (Å²) in [6.45, 7) is 0. The minimum atomic E-state index is -0.373. The van der Waals surface area contributed by atoms with Gasteiger partial charge in [-0.15, -0.1) is 0 Å². The molecule has 3 aromatic rings. The number of halogens is 1. The third-order valence-corrected chi connectivity index (χ3v) is 2.85. The van der Waals surface area contributed by atoms with Crippen LogP contribution < -0.4 is 11.1 Å². The Kier molecular flexibility index (Phi) is 2.56. The number of aromatic nitrogens is 3. The molecule has 0 spiro atoms. The minimum Gasteiger partial charge on any atom is -0.399 e. The highest BCUT2D eigenvalue weighted by atomic mass is 19.1. The second-order valence-electron chi connectivity index (χ2n) is 4.14. The van der Waals surface area contributed by atoms with Crippen molar-refractivity contribution in [1.29, 1.82) is 0 Å². The van der Waals surface area contributed by atoms with Gasteiger partial charge >= 0.3 is 0 Å². The third kappa shape index (κ3) is 1.97. The summed E-state index contributed by atoms with van der Waals surface area (Å²) in [6.07, 6.45) is 0. The minimum absolute atomic E-state index is 0.337. The van der Waals surface area contributed by atoms with Crippen LogP contribution >= 0.6 is 0 Å². The first kappa shape index (κ1) is 11.5. The summed E-state index contributed by atoms with van der Waals surface area (Å²) in [4.78, 5) is 11.6. The van der Waals surface area contributed by atoms with Crippen molar-refractivity contribution >= 4 is 22.7 Å². The maximum atomic E-state index is 13.8. The molecule has 3 rings (SSSR count). The average Bonchev–Trinajstić information content (AvgIpc) is 2.83. The van der Waals surface area contributed by atoms with Gasteiger partial charge in [-0.1, -0.05) is 0 Å². The van der Waals surface area contributed by atoms with E-state index in [1.54, 1.807) is 13.1 Å². The van der Waals surface area contributed by atoms with Crippen molar-refractivity contribution in [2.24, 2.45) is 0 Å². The van der Waals surface area contributed by atoms with E-state index in [0.717, 1.165) is 5.52 Å². The number of nitrogens with two attached hydrogens (primary N) is 1. The van der Waals surface area contributed by atoms with Gasteiger partial charge in [0.25, 0.3) is 0 Å². The van der Waals surface area contributed by atoms with Crippen LogP contribution in [0.3, 0.4) is 0 Å². The number of fused-ring (bicyclic) bond motifs is 1. The van der Waals surface area contributed by atoms with Gasteiger partial charge in [0, 0.05) is 12.7 Å². The van der Waals surface area contributed by atoms with E-state index in [4.69, 9.17) is 5.73 Å². The van der Waals surface area contributed by atoms with E-state index >= 15 is 0 Å². The van der Waals surface area contributed by atoms with E-state index in [1.807, 2.05) is 12.1 Å². The van der Waals surface area contributed by atoms with Gasteiger partial charge in [0.2, 0.25) is 0 Å². The van der Waals surface area contributed by atoms with Crippen LogP contribution in [0.5, 0.6) is 0 Å². The lowest BCUT2D eigenvalue weighted by Gasteiger charge is -2.00. The van der Waals surface area contributed by atoms with Crippen molar-refractivity contribution in [3.05, 3.63) is 36.1 Å². The van der Waals surface area contributed by atoms with E-state index in [-0.39, 0.29) is 5.82 Å². The molecule has 96 valence electrons. The van der Waals surface area contributed by atoms with Gasteiger partial charge in [-0.3, -0.25) is 0 Å². The van der Waals surface area contributed by atoms with Crippen LogP contribution in [0.4, 0.5) is 15.9 Å². The molecule has 2 aromatic heterocycles. The fourth-order valence-corrected chi connectivity index (χ4v) is 1.88. The van der Waals surface area contributed by atoms with Crippen molar-refractivity contribution in [2.45, 2.75) is 0 Å². The Hall–Kier alpha value is -2.63. The van der Waals surface area contributed by atoms with Gasteiger partial charge in [0.15, 0.2) is 5.65 Å². The monoisotopic (exact) mass is 257 g/mol. The second kappa shape index (κ2) is 4.24. The van der Waals surface area contributed by atoms with Crippen LogP contribution in [-0.2, 0) is 0 Å². The average molecular weight is 257 g/mol. The van der Waals surface area contributed by atoms with Gasteiger partial charge in [-0.25, -0.2) is 14.4 Å². The molecule has 0 radical (unpaired) electrons. The molecule has 0 fully saturated rings. The first-order valence-corrected chi connectivity index (χ1v) is 5.77. The van der Waals surface area contributed by atoms with Gasteiger partial charge < -0.3 is 16.0 Å². The van der Waals surface area contributed by atoms with Crippen molar-refractivity contribution in [3.8, 4) is 11.4 Å². The maximum Gasteiger partial charge on any atom is 0.180 e. The number of anilines is 2. The molecule has 4 N–H and O–H groups in total. The molecule has 0 bridgehead atoms. The van der Waals surface area contributed by atoms with Crippen LogP contribution in [0.1, 0.15) is 0 Å². The van der Waals surface area contributed by atoms with Gasteiger partial charge in [-0.05, 0) is 30.3 Å². The maximum absolute atomic E-state index is 13.8. The number of pyridine rings is 1. The lowest BCUT2D eigenvalue weighted by Crippen LogP contribution is -1.91. The lowest BCUT2D eigenvalue weighted by atomic mass is 10.2. The fraction of sp³-hybridized carbons (Fsp3) is 0.0769. The molecule has 0 aliphatic carbocycles. The number of H-pyrrole nitrogens is 1.